The Labute approximate surface area is 69.8 Å². The first-order valence-corrected chi connectivity index (χ1v) is 3.56. The van der Waals surface area contributed by atoms with Crippen molar-refractivity contribution in [1.82, 2.24) is 0 Å². The lowest BCUT2D eigenvalue weighted by atomic mass is 10.3. The summed E-state index contributed by atoms with van der Waals surface area (Å²) in [6.45, 7) is 3.42. The van der Waals surface area contributed by atoms with Gasteiger partial charge in [-0.05, 0) is 19.9 Å². The smallest absolute Gasteiger partial charge is 0.350 e. The number of hydrogen-bond donors (Lipinski definition) is 0. The van der Waals surface area contributed by atoms with Crippen molar-refractivity contribution in [3.63, 3.8) is 0 Å². The number of hydrogen-bond acceptors (Lipinski definition) is 3. The van der Waals surface area contributed by atoms with Crippen molar-refractivity contribution in [3.8, 4) is 5.95 Å². The molecule has 0 aromatic carbocycles. The van der Waals surface area contributed by atoms with Crippen LogP contribution in [0.15, 0.2) is 16.7 Å². The van der Waals surface area contributed by atoms with Crippen LogP contribution in [0.4, 0.5) is 0 Å². The maximum absolute atomic E-state index is 11.1. The third kappa shape index (κ3) is 1.78. The third-order valence-corrected chi connectivity index (χ3v) is 1.19. The standard InChI is InChI=1S/C8H9O4/c1-5(2)12-8(10)6-3-4-11-7(6)9/h3-5H,1-2H3. The predicted octanol–water partition coefficient (Wildman–Crippen LogP) is 1.99. The van der Waals surface area contributed by atoms with Gasteiger partial charge in [0.1, 0.15) is 5.56 Å². The second-order valence-corrected chi connectivity index (χ2v) is 2.58. The molecule has 0 amide bonds. The number of carbonyl (C=O) groups excluding carboxylic acids is 1. The average molecular weight is 169 g/mol. The number of furan rings is 1. The first kappa shape index (κ1) is 8.64. The molecule has 0 aliphatic heterocycles. The summed E-state index contributed by atoms with van der Waals surface area (Å²) in [5.41, 5.74) is -0.0521. The molecule has 4 nitrogen and oxygen atoms in total. The molecular formula is C8H9O4. The maximum Gasteiger partial charge on any atom is 0.350 e. The molecule has 0 saturated carbocycles. The van der Waals surface area contributed by atoms with E-state index in [1.165, 1.54) is 12.3 Å². The van der Waals surface area contributed by atoms with E-state index in [9.17, 15) is 9.90 Å². The molecule has 0 atom stereocenters. The van der Waals surface area contributed by atoms with E-state index in [1.54, 1.807) is 13.8 Å². The molecule has 1 rings (SSSR count). The van der Waals surface area contributed by atoms with Gasteiger partial charge in [0, 0.05) is 0 Å². The molecule has 1 aromatic rings. The highest BCUT2D eigenvalue weighted by Gasteiger charge is 2.17. The highest BCUT2D eigenvalue weighted by atomic mass is 16.5. The molecule has 0 saturated heterocycles. The van der Waals surface area contributed by atoms with Gasteiger partial charge in [-0.15, -0.1) is 0 Å². The van der Waals surface area contributed by atoms with Gasteiger partial charge in [0.05, 0.1) is 12.4 Å². The summed E-state index contributed by atoms with van der Waals surface area (Å²) in [7, 11) is 0. The number of esters is 1. The van der Waals surface area contributed by atoms with Gasteiger partial charge in [-0.2, -0.15) is 0 Å². The summed E-state index contributed by atoms with van der Waals surface area (Å²) in [4.78, 5) is 11.1. The Morgan fingerprint density at radius 3 is 2.67 bits per heavy atom. The van der Waals surface area contributed by atoms with Crippen molar-refractivity contribution >= 4 is 5.97 Å². The van der Waals surface area contributed by atoms with Gasteiger partial charge in [-0.3, -0.25) is 0 Å². The van der Waals surface area contributed by atoms with Gasteiger partial charge in [-0.25, -0.2) is 9.90 Å². The summed E-state index contributed by atoms with van der Waals surface area (Å²) < 4.78 is 9.19. The van der Waals surface area contributed by atoms with E-state index < -0.39 is 11.9 Å². The van der Waals surface area contributed by atoms with Crippen molar-refractivity contribution in [3.05, 3.63) is 17.9 Å². The highest BCUT2D eigenvalue weighted by Crippen LogP contribution is 2.19. The quantitative estimate of drug-likeness (QED) is 0.636. The Morgan fingerprint density at radius 1 is 1.58 bits per heavy atom. The molecule has 0 aliphatic rings. The number of rotatable bonds is 2. The van der Waals surface area contributed by atoms with Crippen LogP contribution in [0.1, 0.15) is 24.2 Å². The lowest BCUT2D eigenvalue weighted by Crippen LogP contribution is -2.10. The second-order valence-electron chi connectivity index (χ2n) is 2.58. The molecule has 0 fully saturated rings. The van der Waals surface area contributed by atoms with Crippen molar-refractivity contribution in [2.75, 3.05) is 0 Å². The minimum absolute atomic E-state index is 0.0521. The van der Waals surface area contributed by atoms with Crippen molar-refractivity contribution in [2.24, 2.45) is 0 Å². The monoisotopic (exact) mass is 169 g/mol. The minimum Gasteiger partial charge on any atom is -0.459 e. The Bertz CT molecular complexity index is 274. The topological polar surface area (TPSA) is 59.3 Å². The summed E-state index contributed by atoms with van der Waals surface area (Å²) in [5.74, 6) is -1.29. The molecule has 0 bridgehead atoms. The van der Waals surface area contributed by atoms with E-state index >= 15 is 0 Å². The normalized spacial score (nSPS) is 10.2. The van der Waals surface area contributed by atoms with Crippen LogP contribution in [0.2, 0.25) is 0 Å². The maximum atomic E-state index is 11.1. The van der Waals surface area contributed by atoms with Crippen LogP contribution in [-0.4, -0.2) is 12.1 Å². The van der Waals surface area contributed by atoms with E-state index in [0.717, 1.165) is 0 Å². The van der Waals surface area contributed by atoms with Crippen LogP contribution >= 0.6 is 0 Å². The zero-order valence-corrected chi connectivity index (χ0v) is 6.87. The Kier molecular flexibility index (Phi) is 2.38. The van der Waals surface area contributed by atoms with Crippen LogP contribution < -0.4 is 0 Å². The molecule has 4 heteroatoms. The first-order chi connectivity index (χ1) is 5.61. The fourth-order valence-corrected chi connectivity index (χ4v) is 0.724. The van der Waals surface area contributed by atoms with E-state index in [4.69, 9.17) is 4.74 Å². The number of ether oxygens (including phenoxy) is 1. The zero-order valence-electron chi connectivity index (χ0n) is 6.87. The van der Waals surface area contributed by atoms with Gasteiger partial charge in [0.15, 0.2) is 0 Å². The molecule has 1 heterocycles. The average Bonchev–Trinajstić information content (AvgIpc) is 2.33. The second kappa shape index (κ2) is 3.30. The van der Waals surface area contributed by atoms with Crippen molar-refractivity contribution in [2.45, 2.75) is 20.0 Å². The molecule has 0 aliphatic carbocycles. The Morgan fingerprint density at radius 2 is 2.25 bits per heavy atom. The largest absolute Gasteiger partial charge is 0.459 e. The first-order valence-electron chi connectivity index (χ1n) is 3.56. The molecule has 0 unspecified atom stereocenters. The summed E-state index contributed by atoms with van der Waals surface area (Å²) >= 11 is 0. The van der Waals surface area contributed by atoms with Crippen LogP contribution in [-0.2, 0) is 9.84 Å². The fourth-order valence-electron chi connectivity index (χ4n) is 0.724. The summed E-state index contributed by atoms with van der Waals surface area (Å²) in [5, 5.41) is 10.8. The van der Waals surface area contributed by atoms with Gasteiger partial charge in [0.25, 0.3) is 0 Å². The predicted molar refractivity (Wildman–Crippen MR) is 39.4 cm³/mol. The molecule has 0 N–H and O–H groups in total. The van der Waals surface area contributed by atoms with Crippen LogP contribution in [0.25, 0.3) is 0 Å². The van der Waals surface area contributed by atoms with E-state index in [-0.39, 0.29) is 11.7 Å². The van der Waals surface area contributed by atoms with E-state index in [1.807, 2.05) is 0 Å². The lowest BCUT2D eigenvalue weighted by molar-refractivity contribution is 0.0369. The summed E-state index contributed by atoms with van der Waals surface area (Å²) in [6.07, 6.45) is 0.936. The van der Waals surface area contributed by atoms with Crippen molar-refractivity contribution < 1.29 is 19.1 Å². The number of carbonyl (C=O) groups is 1. The zero-order chi connectivity index (χ0) is 9.14. The van der Waals surface area contributed by atoms with Gasteiger partial charge >= 0.3 is 11.9 Å². The van der Waals surface area contributed by atoms with E-state index in [2.05, 4.69) is 4.42 Å². The Balaban J connectivity index is 2.72. The molecule has 1 radical (unpaired) electrons. The Hall–Kier alpha value is -1.45. The molecule has 1 aromatic heterocycles. The minimum atomic E-state index is -0.652. The van der Waals surface area contributed by atoms with Crippen LogP contribution in [0.5, 0.6) is 5.95 Å². The summed E-state index contributed by atoms with van der Waals surface area (Å²) in [6, 6.07) is 1.30. The molecule has 0 spiro atoms. The van der Waals surface area contributed by atoms with Crippen molar-refractivity contribution in [1.29, 1.82) is 0 Å². The molecule has 12 heavy (non-hydrogen) atoms. The molecule has 65 valence electrons. The van der Waals surface area contributed by atoms with Gasteiger partial charge in [-0.1, -0.05) is 0 Å². The van der Waals surface area contributed by atoms with E-state index in [0.29, 0.717) is 0 Å². The van der Waals surface area contributed by atoms with Gasteiger partial charge in [0.2, 0.25) is 0 Å². The van der Waals surface area contributed by atoms with Crippen LogP contribution in [0, 0.1) is 0 Å². The molecular weight excluding hydrogens is 160 g/mol. The third-order valence-electron chi connectivity index (χ3n) is 1.19. The van der Waals surface area contributed by atoms with Crippen LogP contribution in [0.3, 0.4) is 0 Å². The SMILES string of the molecule is CC(C)OC(=O)c1ccoc1[O]. The lowest BCUT2D eigenvalue weighted by Gasteiger charge is -2.04. The van der Waals surface area contributed by atoms with Gasteiger partial charge < -0.3 is 9.15 Å². The highest BCUT2D eigenvalue weighted by molar-refractivity contribution is 5.91. The fraction of sp³-hybridized carbons (Fsp3) is 0.375.